The third kappa shape index (κ3) is 4.98. The molecular formula is C22H23N3O6S2. The van der Waals surface area contributed by atoms with Gasteiger partial charge in [0.05, 0.1) is 32.1 Å². The lowest BCUT2D eigenvalue weighted by atomic mass is 10.1. The molecule has 2 aromatic heterocycles. The maximum Gasteiger partial charge on any atom is 0.341 e. The number of benzene rings is 1. The number of nitrogens with zero attached hydrogens (tertiary/aromatic N) is 2. The van der Waals surface area contributed by atoms with Gasteiger partial charge in [0.15, 0.2) is 11.5 Å². The second-order valence-corrected chi connectivity index (χ2v) is 9.09. The van der Waals surface area contributed by atoms with Crippen molar-refractivity contribution in [1.82, 2.24) is 10.2 Å². The lowest BCUT2D eigenvalue weighted by molar-refractivity contribution is -0.113. The summed E-state index contributed by atoms with van der Waals surface area (Å²) >= 11 is 2.56. The molecule has 0 bridgehead atoms. The fourth-order valence-corrected chi connectivity index (χ4v) is 5.41. The van der Waals surface area contributed by atoms with E-state index in [1.54, 1.807) is 39.3 Å². The van der Waals surface area contributed by atoms with Crippen molar-refractivity contribution in [3.63, 3.8) is 0 Å². The Morgan fingerprint density at radius 2 is 2.00 bits per heavy atom. The van der Waals surface area contributed by atoms with E-state index in [-0.39, 0.29) is 23.5 Å². The molecule has 4 rings (SSSR count). The van der Waals surface area contributed by atoms with Gasteiger partial charge in [0.2, 0.25) is 11.8 Å². The minimum absolute atomic E-state index is 0.0540. The number of carbonyl (C=O) groups excluding carboxylic acids is 2. The molecule has 1 aliphatic rings. The average Bonchev–Trinajstić information content (AvgIpc) is 3.53. The summed E-state index contributed by atoms with van der Waals surface area (Å²) in [6.07, 6.45) is 2.75. The van der Waals surface area contributed by atoms with E-state index in [4.69, 9.17) is 18.6 Å². The van der Waals surface area contributed by atoms with Crippen LogP contribution in [-0.4, -0.2) is 48.7 Å². The van der Waals surface area contributed by atoms with Crippen molar-refractivity contribution in [2.75, 3.05) is 31.9 Å². The lowest BCUT2D eigenvalue weighted by Gasteiger charge is -2.07. The Bertz CT molecular complexity index is 1170. The second-order valence-electron chi connectivity index (χ2n) is 7.06. The van der Waals surface area contributed by atoms with Crippen LogP contribution in [0, 0.1) is 0 Å². The van der Waals surface area contributed by atoms with Gasteiger partial charge < -0.3 is 23.9 Å². The first kappa shape index (κ1) is 23.1. The SMILES string of the molecule is CCOC(=O)c1c(NC(=O)CSc2nnc(-c3ccc(OC)c(OC)c3)o2)sc2c1CCC2. The van der Waals surface area contributed by atoms with Crippen LogP contribution in [0.5, 0.6) is 11.5 Å². The van der Waals surface area contributed by atoms with Crippen molar-refractivity contribution in [2.45, 2.75) is 31.4 Å². The number of hydrogen-bond acceptors (Lipinski definition) is 10. The zero-order valence-corrected chi connectivity index (χ0v) is 20.1. The monoisotopic (exact) mass is 489 g/mol. The van der Waals surface area contributed by atoms with Crippen LogP contribution < -0.4 is 14.8 Å². The number of ether oxygens (including phenoxy) is 3. The highest BCUT2D eigenvalue weighted by molar-refractivity contribution is 7.99. The number of hydrogen-bond donors (Lipinski definition) is 1. The molecule has 1 N–H and O–H groups in total. The molecule has 3 aromatic rings. The van der Waals surface area contributed by atoms with Crippen LogP contribution in [0.2, 0.25) is 0 Å². The van der Waals surface area contributed by atoms with Crippen molar-refractivity contribution in [3.8, 4) is 23.0 Å². The number of thioether (sulfide) groups is 1. The molecule has 1 amide bonds. The summed E-state index contributed by atoms with van der Waals surface area (Å²) in [6.45, 7) is 2.05. The van der Waals surface area contributed by atoms with Crippen LogP contribution in [0.1, 0.15) is 34.1 Å². The van der Waals surface area contributed by atoms with E-state index < -0.39 is 5.97 Å². The predicted octanol–water partition coefficient (Wildman–Crippen LogP) is 4.21. The predicted molar refractivity (Wildman–Crippen MR) is 124 cm³/mol. The summed E-state index contributed by atoms with van der Waals surface area (Å²) in [5.74, 6) is 0.833. The average molecular weight is 490 g/mol. The van der Waals surface area contributed by atoms with Gasteiger partial charge in [-0.15, -0.1) is 21.5 Å². The zero-order valence-electron chi connectivity index (χ0n) is 18.4. The van der Waals surface area contributed by atoms with E-state index in [0.29, 0.717) is 33.5 Å². The molecular weight excluding hydrogens is 466 g/mol. The second kappa shape index (κ2) is 10.3. The van der Waals surface area contributed by atoms with Gasteiger partial charge in [0.1, 0.15) is 5.00 Å². The van der Waals surface area contributed by atoms with Crippen molar-refractivity contribution in [2.24, 2.45) is 0 Å². The standard InChI is InChI=1S/C22H23N3O6S2/c1-4-30-21(27)18-13-6-5-7-16(13)33-20(18)23-17(26)11-32-22-25-24-19(31-22)12-8-9-14(28-2)15(10-12)29-3/h8-10H,4-7,11H2,1-3H3,(H,23,26). The summed E-state index contributed by atoms with van der Waals surface area (Å²) in [5.41, 5.74) is 2.16. The molecule has 0 radical (unpaired) electrons. The summed E-state index contributed by atoms with van der Waals surface area (Å²) in [7, 11) is 3.11. The van der Waals surface area contributed by atoms with Crippen LogP contribution in [0.3, 0.4) is 0 Å². The number of aryl methyl sites for hydroxylation is 1. The molecule has 2 heterocycles. The molecule has 1 aliphatic carbocycles. The lowest BCUT2D eigenvalue weighted by Crippen LogP contribution is -2.16. The third-order valence-electron chi connectivity index (χ3n) is 5.02. The van der Waals surface area contributed by atoms with Crippen LogP contribution in [0.15, 0.2) is 27.8 Å². The Kier molecular flexibility index (Phi) is 7.19. The Hall–Kier alpha value is -3.05. The number of aromatic nitrogens is 2. The van der Waals surface area contributed by atoms with Gasteiger partial charge in [-0.1, -0.05) is 11.8 Å². The van der Waals surface area contributed by atoms with E-state index in [0.717, 1.165) is 41.5 Å². The first-order valence-corrected chi connectivity index (χ1v) is 12.1. The molecule has 0 saturated heterocycles. The van der Waals surface area contributed by atoms with Crippen molar-refractivity contribution >= 4 is 40.0 Å². The quantitative estimate of drug-likeness (QED) is 0.349. The molecule has 33 heavy (non-hydrogen) atoms. The van der Waals surface area contributed by atoms with E-state index in [9.17, 15) is 9.59 Å². The number of anilines is 1. The summed E-state index contributed by atoms with van der Waals surface area (Å²) in [4.78, 5) is 26.2. The third-order valence-corrected chi connectivity index (χ3v) is 7.04. The highest BCUT2D eigenvalue weighted by Gasteiger charge is 2.28. The molecule has 0 saturated carbocycles. The number of carbonyl (C=O) groups is 2. The number of thiophene rings is 1. The summed E-state index contributed by atoms with van der Waals surface area (Å²) in [5, 5.41) is 11.7. The minimum Gasteiger partial charge on any atom is -0.493 e. The van der Waals surface area contributed by atoms with Gasteiger partial charge in [-0.2, -0.15) is 0 Å². The van der Waals surface area contributed by atoms with E-state index in [1.165, 1.54) is 11.3 Å². The molecule has 11 heteroatoms. The number of fused-ring (bicyclic) bond motifs is 1. The topological polar surface area (TPSA) is 113 Å². The zero-order chi connectivity index (χ0) is 23.4. The smallest absolute Gasteiger partial charge is 0.341 e. The van der Waals surface area contributed by atoms with Crippen LogP contribution >= 0.6 is 23.1 Å². The molecule has 174 valence electrons. The van der Waals surface area contributed by atoms with E-state index in [1.807, 2.05) is 0 Å². The Labute approximate surface area is 198 Å². The highest BCUT2D eigenvalue weighted by atomic mass is 32.2. The summed E-state index contributed by atoms with van der Waals surface area (Å²) < 4.78 is 21.4. The van der Waals surface area contributed by atoms with Gasteiger partial charge in [0, 0.05) is 10.4 Å². The van der Waals surface area contributed by atoms with Gasteiger partial charge in [-0.3, -0.25) is 4.79 Å². The number of amides is 1. The molecule has 0 fully saturated rings. The minimum atomic E-state index is -0.392. The first-order chi connectivity index (χ1) is 16.0. The van der Waals surface area contributed by atoms with Gasteiger partial charge in [-0.25, -0.2) is 4.79 Å². The number of esters is 1. The van der Waals surface area contributed by atoms with Crippen LogP contribution in [0.4, 0.5) is 5.00 Å². The molecule has 9 nitrogen and oxygen atoms in total. The van der Waals surface area contributed by atoms with Gasteiger partial charge in [0.25, 0.3) is 5.22 Å². The van der Waals surface area contributed by atoms with Gasteiger partial charge in [-0.05, 0) is 49.9 Å². The maximum atomic E-state index is 12.6. The molecule has 1 aromatic carbocycles. The summed E-state index contributed by atoms with van der Waals surface area (Å²) in [6, 6.07) is 5.27. The van der Waals surface area contributed by atoms with Crippen LogP contribution in [0.25, 0.3) is 11.5 Å². The van der Waals surface area contributed by atoms with E-state index >= 15 is 0 Å². The molecule has 0 spiro atoms. The number of methoxy groups -OCH3 is 2. The Balaban J connectivity index is 1.41. The highest BCUT2D eigenvalue weighted by Crippen LogP contribution is 2.39. The fourth-order valence-electron chi connectivity index (χ4n) is 3.56. The van der Waals surface area contributed by atoms with Crippen LogP contribution in [-0.2, 0) is 22.4 Å². The van der Waals surface area contributed by atoms with E-state index in [2.05, 4.69) is 15.5 Å². The van der Waals surface area contributed by atoms with Crippen molar-refractivity contribution in [3.05, 3.63) is 34.2 Å². The largest absolute Gasteiger partial charge is 0.493 e. The molecule has 0 unspecified atom stereocenters. The van der Waals surface area contributed by atoms with Crippen molar-refractivity contribution < 1.29 is 28.2 Å². The number of nitrogens with one attached hydrogen (secondary N) is 1. The first-order valence-electron chi connectivity index (χ1n) is 10.3. The van der Waals surface area contributed by atoms with Crippen molar-refractivity contribution in [1.29, 1.82) is 0 Å². The van der Waals surface area contributed by atoms with Gasteiger partial charge >= 0.3 is 5.97 Å². The Morgan fingerprint density at radius 1 is 1.18 bits per heavy atom. The maximum absolute atomic E-state index is 12.6. The normalized spacial score (nSPS) is 12.3. The number of rotatable bonds is 9. The Morgan fingerprint density at radius 3 is 2.76 bits per heavy atom. The molecule has 0 atom stereocenters. The molecule has 0 aliphatic heterocycles. The fraction of sp³-hybridized carbons (Fsp3) is 0.364.